The standard InChI is InChI=1S/C27H34O2/c1-3-11-25-17-27(18-26(25)12-4-2,21-28-19-23-13-7-5-8-14-23)22-29-20-24-15-9-6-10-16-24/h3,5-16,25H,4,17-22H2,1-2H3/b11-3-,26-12+. The molecular weight excluding hydrogens is 356 g/mol. The van der Waals surface area contributed by atoms with Gasteiger partial charge >= 0.3 is 0 Å². The van der Waals surface area contributed by atoms with E-state index in [1.807, 2.05) is 12.1 Å². The van der Waals surface area contributed by atoms with Crippen molar-refractivity contribution in [2.75, 3.05) is 13.2 Å². The molecule has 0 amide bonds. The molecule has 0 saturated heterocycles. The highest BCUT2D eigenvalue weighted by molar-refractivity contribution is 5.23. The van der Waals surface area contributed by atoms with Crippen molar-refractivity contribution in [3.63, 3.8) is 0 Å². The van der Waals surface area contributed by atoms with E-state index in [0.717, 1.165) is 32.5 Å². The Hall–Kier alpha value is -2.16. The van der Waals surface area contributed by atoms with Gasteiger partial charge in [-0.3, -0.25) is 0 Å². The number of rotatable bonds is 10. The van der Waals surface area contributed by atoms with Gasteiger partial charge in [0.1, 0.15) is 0 Å². The molecule has 2 heteroatoms. The summed E-state index contributed by atoms with van der Waals surface area (Å²) in [6.45, 7) is 7.10. The van der Waals surface area contributed by atoms with Gasteiger partial charge in [-0.15, -0.1) is 0 Å². The van der Waals surface area contributed by atoms with Gasteiger partial charge in [0.2, 0.25) is 0 Å². The summed E-state index contributed by atoms with van der Waals surface area (Å²) in [6.07, 6.45) is 10.2. The first-order chi connectivity index (χ1) is 14.2. The van der Waals surface area contributed by atoms with Crippen LogP contribution in [0.4, 0.5) is 0 Å². The van der Waals surface area contributed by atoms with Crippen LogP contribution in [0.2, 0.25) is 0 Å². The predicted molar refractivity (Wildman–Crippen MR) is 121 cm³/mol. The first-order valence-corrected chi connectivity index (χ1v) is 10.8. The van der Waals surface area contributed by atoms with Gasteiger partial charge in [0.25, 0.3) is 0 Å². The van der Waals surface area contributed by atoms with Crippen molar-refractivity contribution in [3.8, 4) is 0 Å². The number of allylic oxidation sites excluding steroid dienone is 4. The van der Waals surface area contributed by atoms with Gasteiger partial charge in [0, 0.05) is 5.41 Å². The van der Waals surface area contributed by atoms with Gasteiger partial charge in [-0.05, 0) is 43.2 Å². The minimum absolute atomic E-state index is 0.0364. The van der Waals surface area contributed by atoms with Crippen molar-refractivity contribution in [2.45, 2.75) is 46.3 Å². The molecule has 3 rings (SSSR count). The molecule has 2 aromatic rings. The van der Waals surface area contributed by atoms with Crippen LogP contribution in [0.3, 0.4) is 0 Å². The maximum absolute atomic E-state index is 6.23. The average Bonchev–Trinajstić information content (AvgIpc) is 3.07. The van der Waals surface area contributed by atoms with Crippen LogP contribution in [-0.4, -0.2) is 13.2 Å². The normalized spacial score (nSPS) is 19.9. The number of benzene rings is 2. The lowest BCUT2D eigenvalue weighted by Crippen LogP contribution is -2.30. The highest BCUT2D eigenvalue weighted by Gasteiger charge is 2.41. The Morgan fingerprint density at radius 1 is 0.897 bits per heavy atom. The van der Waals surface area contributed by atoms with E-state index in [9.17, 15) is 0 Å². The molecule has 0 aromatic heterocycles. The van der Waals surface area contributed by atoms with E-state index >= 15 is 0 Å². The molecule has 0 aliphatic heterocycles. The molecule has 1 saturated carbocycles. The molecular formula is C27H34O2. The fourth-order valence-corrected chi connectivity index (χ4v) is 4.32. The Bertz CT molecular complexity index is 731. The maximum atomic E-state index is 6.23. The van der Waals surface area contributed by atoms with Gasteiger partial charge in [0.05, 0.1) is 26.4 Å². The molecule has 0 radical (unpaired) electrons. The summed E-state index contributed by atoms with van der Waals surface area (Å²) >= 11 is 0. The molecule has 2 nitrogen and oxygen atoms in total. The predicted octanol–water partition coefficient (Wildman–Crippen LogP) is 6.73. The second-order valence-electron chi connectivity index (χ2n) is 8.16. The molecule has 1 unspecified atom stereocenters. The number of hydrogen-bond acceptors (Lipinski definition) is 2. The van der Waals surface area contributed by atoms with Crippen molar-refractivity contribution >= 4 is 0 Å². The summed E-state index contributed by atoms with van der Waals surface area (Å²) in [6, 6.07) is 20.8. The second-order valence-corrected chi connectivity index (χ2v) is 8.16. The fraction of sp³-hybridized carbons (Fsp3) is 0.407. The van der Waals surface area contributed by atoms with Crippen LogP contribution in [0, 0.1) is 11.3 Å². The summed E-state index contributed by atoms with van der Waals surface area (Å²) < 4.78 is 12.5. The molecule has 1 aliphatic rings. The molecule has 1 atom stereocenters. The van der Waals surface area contributed by atoms with E-state index in [-0.39, 0.29) is 5.41 Å². The Labute approximate surface area is 176 Å². The molecule has 1 fully saturated rings. The monoisotopic (exact) mass is 390 g/mol. The van der Waals surface area contributed by atoms with Crippen LogP contribution in [-0.2, 0) is 22.7 Å². The van der Waals surface area contributed by atoms with E-state index in [0.29, 0.717) is 19.1 Å². The second kappa shape index (κ2) is 11.1. The molecule has 0 bridgehead atoms. The fourth-order valence-electron chi connectivity index (χ4n) is 4.32. The minimum Gasteiger partial charge on any atom is -0.376 e. The summed E-state index contributed by atoms with van der Waals surface area (Å²) in [7, 11) is 0. The zero-order valence-corrected chi connectivity index (χ0v) is 17.8. The molecule has 0 heterocycles. The van der Waals surface area contributed by atoms with E-state index in [1.54, 1.807) is 0 Å². The van der Waals surface area contributed by atoms with Crippen molar-refractivity contribution in [3.05, 3.63) is 95.6 Å². The van der Waals surface area contributed by atoms with Crippen LogP contribution in [0.1, 0.15) is 44.2 Å². The Morgan fingerprint density at radius 2 is 1.45 bits per heavy atom. The van der Waals surface area contributed by atoms with Crippen LogP contribution < -0.4 is 0 Å². The third-order valence-corrected chi connectivity index (χ3v) is 5.64. The maximum Gasteiger partial charge on any atom is 0.0717 e. The Morgan fingerprint density at radius 3 is 1.93 bits per heavy atom. The lowest BCUT2D eigenvalue weighted by Gasteiger charge is -2.29. The van der Waals surface area contributed by atoms with Crippen molar-refractivity contribution in [1.82, 2.24) is 0 Å². The largest absolute Gasteiger partial charge is 0.376 e. The SMILES string of the molecule is C/C=C\C1CC(COCc2ccccc2)(COCc2ccccc2)C/C1=C\CC. The van der Waals surface area contributed by atoms with E-state index in [1.165, 1.54) is 16.7 Å². The molecule has 0 spiro atoms. The van der Waals surface area contributed by atoms with Crippen LogP contribution in [0.15, 0.2) is 84.5 Å². The molecule has 154 valence electrons. The van der Waals surface area contributed by atoms with Crippen molar-refractivity contribution < 1.29 is 9.47 Å². The topological polar surface area (TPSA) is 18.5 Å². The Balaban J connectivity index is 1.67. The minimum atomic E-state index is 0.0364. The summed E-state index contributed by atoms with van der Waals surface area (Å²) in [5.41, 5.74) is 4.02. The lowest BCUT2D eigenvalue weighted by molar-refractivity contribution is -0.0298. The van der Waals surface area contributed by atoms with Crippen LogP contribution in [0.25, 0.3) is 0 Å². The first-order valence-electron chi connectivity index (χ1n) is 10.8. The average molecular weight is 391 g/mol. The van der Waals surface area contributed by atoms with Crippen molar-refractivity contribution in [2.24, 2.45) is 11.3 Å². The third kappa shape index (κ3) is 6.42. The van der Waals surface area contributed by atoms with E-state index in [2.05, 4.69) is 80.6 Å². The zero-order chi connectivity index (χ0) is 20.4. The van der Waals surface area contributed by atoms with Gasteiger partial charge in [-0.2, -0.15) is 0 Å². The molecule has 2 aromatic carbocycles. The summed E-state index contributed by atoms with van der Waals surface area (Å²) in [4.78, 5) is 0. The van der Waals surface area contributed by atoms with Crippen LogP contribution >= 0.6 is 0 Å². The quantitative estimate of drug-likeness (QED) is 0.419. The number of ether oxygens (including phenoxy) is 2. The highest BCUT2D eigenvalue weighted by Crippen LogP contribution is 2.47. The van der Waals surface area contributed by atoms with Gasteiger partial charge < -0.3 is 9.47 Å². The first kappa shape index (κ1) is 21.5. The van der Waals surface area contributed by atoms with Gasteiger partial charge in [-0.25, -0.2) is 0 Å². The van der Waals surface area contributed by atoms with Crippen molar-refractivity contribution in [1.29, 1.82) is 0 Å². The zero-order valence-electron chi connectivity index (χ0n) is 17.8. The third-order valence-electron chi connectivity index (χ3n) is 5.64. The summed E-state index contributed by atoms with van der Waals surface area (Å²) in [5.74, 6) is 0.501. The van der Waals surface area contributed by atoms with Gasteiger partial charge in [-0.1, -0.05) is 91.4 Å². The number of hydrogen-bond donors (Lipinski definition) is 0. The lowest BCUT2D eigenvalue weighted by atomic mass is 9.87. The van der Waals surface area contributed by atoms with Gasteiger partial charge in [0.15, 0.2) is 0 Å². The molecule has 29 heavy (non-hydrogen) atoms. The molecule has 0 N–H and O–H groups in total. The smallest absolute Gasteiger partial charge is 0.0717 e. The Kier molecular flexibility index (Phi) is 8.27. The highest BCUT2D eigenvalue weighted by atomic mass is 16.5. The van der Waals surface area contributed by atoms with Crippen LogP contribution in [0.5, 0.6) is 0 Å². The molecule has 1 aliphatic carbocycles. The summed E-state index contributed by atoms with van der Waals surface area (Å²) in [5, 5.41) is 0. The van der Waals surface area contributed by atoms with E-state index in [4.69, 9.17) is 9.47 Å². The van der Waals surface area contributed by atoms with E-state index < -0.39 is 0 Å².